The van der Waals surface area contributed by atoms with Gasteiger partial charge >= 0.3 is 6.03 Å². The molecule has 0 radical (unpaired) electrons. The maximum atomic E-state index is 11.6. The van der Waals surface area contributed by atoms with Gasteiger partial charge < -0.3 is 20.4 Å². The molecule has 2 aromatic carbocycles. The second-order valence-corrected chi connectivity index (χ2v) is 7.47. The van der Waals surface area contributed by atoms with E-state index in [-0.39, 0.29) is 6.03 Å². The second kappa shape index (κ2) is 8.07. The highest BCUT2D eigenvalue weighted by molar-refractivity contribution is 5.90. The van der Waals surface area contributed by atoms with E-state index in [1.54, 1.807) is 13.3 Å². The number of nitrogens with zero attached hydrogens (tertiary/aromatic N) is 3. The Kier molecular flexibility index (Phi) is 4.95. The van der Waals surface area contributed by atoms with Gasteiger partial charge in [-0.2, -0.15) is 0 Å². The van der Waals surface area contributed by atoms with Gasteiger partial charge in [-0.3, -0.25) is 4.40 Å². The number of carbonyl (C=O) groups excluding carboxylic acids is 1. The summed E-state index contributed by atoms with van der Waals surface area (Å²) >= 11 is 0. The minimum absolute atomic E-state index is 0.257. The monoisotopic (exact) mass is 426 g/mol. The van der Waals surface area contributed by atoms with Crippen LogP contribution in [0.5, 0.6) is 0 Å². The summed E-state index contributed by atoms with van der Waals surface area (Å²) in [5, 5.41) is 8.68. The molecular weight excluding hydrogens is 404 g/mol. The van der Waals surface area contributed by atoms with Crippen LogP contribution in [0, 0.1) is 6.92 Å². The molecule has 0 aliphatic heterocycles. The van der Waals surface area contributed by atoms with Crippen LogP contribution in [0.2, 0.25) is 0 Å². The minimum atomic E-state index is -0.257. The number of hydrogen-bond donors (Lipinski definition) is 3. The van der Waals surface area contributed by atoms with E-state index in [9.17, 15) is 4.79 Å². The summed E-state index contributed by atoms with van der Waals surface area (Å²) in [4.78, 5) is 21.1. The number of amides is 2. The summed E-state index contributed by atoms with van der Waals surface area (Å²) < 4.78 is 7.55. The van der Waals surface area contributed by atoms with E-state index in [4.69, 9.17) is 9.40 Å². The molecule has 0 atom stereocenters. The van der Waals surface area contributed by atoms with Crippen molar-refractivity contribution in [1.29, 1.82) is 0 Å². The van der Waals surface area contributed by atoms with Gasteiger partial charge in [-0.1, -0.05) is 18.2 Å². The molecule has 8 heteroatoms. The van der Waals surface area contributed by atoms with E-state index in [2.05, 4.69) is 43.5 Å². The number of furan rings is 1. The Bertz CT molecular complexity index is 1400. The average Bonchev–Trinajstić information content (AvgIpc) is 3.48. The maximum absolute atomic E-state index is 11.6. The Hall–Kier alpha value is -4.33. The maximum Gasteiger partial charge on any atom is 0.318 e. The van der Waals surface area contributed by atoms with Gasteiger partial charge in [-0.05, 0) is 48.9 Å². The highest BCUT2D eigenvalue weighted by Gasteiger charge is 2.15. The molecule has 5 rings (SSSR count). The number of hydrogen-bond acceptors (Lipinski definition) is 5. The summed E-state index contributed by atoms with van der Waals surface area (Å²) in [6.45, 7) is 2.56. The predicted molar refractivity (Wildman–Crippen MR) is 125 cm³/mol. The van der Waals surface area contributed by atoms with Crippen molar-refractivity contribution >= 4 is 34.2 Å². The minimum Gasteiger partial charge on any atom is -0.467 e. The van der Waals surface area contributed by atoms with Crippen molar-refractivity contribution < 1.29 is 9.21 Å². The van der Waals surface area contributed by atoms with Gasteiger partial charge in [0, 0.05) is 18.3 Å². The molecule has 3 aromatic heterocycles. The van der Waals surface area contributed by atoms with Gasteiger partial charge in [0.25, 0.3) is 0 Å². The van der Waals surface area contributed by atoms with Gasteiger partial charge in [0.2, 0.25) is 0 Å². The Balaban J connectivity index is 1.61. The third-order valence-electron chi connectivity index (χ3n) is 5.25. The number of urea groups is 1. The fraction of sp³-hybridized carbons (Fsp3) is 0.125. The first-order valence-corrected chi connectivity index (χ1v) is 10.3. The number of anilines is 2. The lowest BCUT2D eigenvalue weighted by Gasteiger charge is -2.12. The molecule has 8 nitrogen and oxygen atoms in total. The standard InChI is InChI=1S/C24H22N6O2/c1-15-5-10-20-19(12-15)29-22(26-13-18-4-3-11-32-18)23-27-14-21(30(20)23)16-6-8-17(9-7-16)28-24(31)25-2/h3-12,14H,13H2,1-2H3,(H,26,29)(H2,25,28,31). The van der Waals surface area contributed by atoms with Crippen molar-refractivity contribution in [3.05, 3.63) is 78.4 Å². The third kappa shape index (κ3) is 3.62. The summed E-state index contributed by atoms with van der Waals surface area (Å²) in [5.41, 5.74) is 6.33. The van der Waals surface area contributed by atoms with Crippen LogP contribution in [0.15, 0.2) is 71.5 Å². The SMILES string of the molecule is CNC(=O)Nc1ccc(-c2cnc3c(NCc4ccco4)nc4cc(C)ccc4n23)cc1. The number of nitrogens with one attached hydrogen (secondary N) is 3. The van der Waals surface area contributed by atoms with Crippen molar-refractivity contribution in [3.63, 3.8) is 0 Å². The summed E-state index contributed by atoms with van der Waals surface area (Å²) in [6, 6.07) is 17.4. The van der Waals surface area contributed by atoms with E-state index in [0.717, 1.165) is 39.3 Å². The lowest BCUT2D eigenvalue weighted by atomic mass is 10.1. The van der Waals surface area contributed by atoms with Gasteiger partial charge in [-0.15, -0.1) is 0 Å². The van der Waals surface area contributed by atoms with Crippen LogP contribution in [0.1, 0.15) is 11.3 Å². The average molecular weight is 426 g/mol. The largest absolute Gasteiger partial charge is 0.467 e. The number of benzene rings is 2. The Morgan fingerprint density at radius 1 is 1.12 bits per heavy atom. The molecule has 3 heterocycles. The topological polar surface area (TPSA) is 96.5 Å². The first-order chi connectivity index (χ1) is 15.6. The molecule has 5 aromatic rings. The molecule has 0 unspecified atom stereocenters. The first-order valence-electron chi connectivity index (χ1n) is 10.3. The zero-order valence-corrected chi connectivity index (χ0v) is 17.7. The predicted octanol–water partition coefficient (Wildman–Crippen LogP) is 4.81. The lowest BCUT2D eigenvalue weighted by molar-refractivity contribution is 0.254. The number of rotatable bonds is 5. The van der Waals surface area contributed by atoms with Crippen molar-refractivity contribution in [1.82, 2.24) is 19.7 Å². The summed E-state index contributed by atoms with van der Waals surface area (Å²) in [6.07, 6.45) is 3.50. The molecule has 0 aliphatic carbocycles. The lowest BCUT2D eigenvalue weighted by Crippen LogP contribution is -2.24. The molecule has 3 N–H and O–H groups in total. The third-order valence-corrected chi connectivity index (χ3v) is 5.25. The fourth-order valence-corrected chi connectivity index (χ4v) is 3.67. The van der Waals surface area contributed by atoms with E-state index in [0.29, 0.717) is 18.1 Å². The van der Waals surface area contributed by atoms with Crippen LogP contribution < -0.4 is 16.0 Å². The Labute approximate surface area is 184 Å². The zero-order valence-electron chi connectivity index (χ0n) is 17.7. The molecule has 2 amide bonds. The van der Waals surface area contributed by atoms with Gasteiger partial charge in [-0.25, -0.2) is 14.8 Å². The highest BCUT2D eigenvalue weighted by atomic mass is 16.3. The number of imidazole rings is 1. The Morgan fingerprint density at radius 3 is 2.72 bits per heavy atom. The van der Waals surface area contributed by atoms with Crippen LogP contribution >= 0.6 is 0 Å². The number of fused-ring (bicyclic) bond motifs is 3. The molecule has 0 saturated carbocycles. The molecule has 160 valence electrons. The first kappa shape index (κ1) is 19.6. The van der Waals surface area contributed by atoms with Crippen LogP contribution in [-0.4, -0.2) is 27.4 Å². The molecular formula is C24H22N6O2. The van der Waals surface area contributed by atoms with Crippen molar-refractivity contribution in [2.75, 3.05) is 17.7 Å². The second-order valence-electron chi connectivity index (χ2n) is 7.47. The summed E-state index contributed by atoms with van der Waals surface area (Å²) in [5.74, 6) is 1.50. The van der Waals surface area contributed by atoms with E-state index in [1.165, 1.54) is 0 Å². The smallest absolute Gasteiger partial charge is 0.318 e. The molecule has 32 heavy (non-hydrogen) atoms. The van der Waals surface area contributed by atoms with Crippen LogP contribution in [0.25, 0.3) is 27.9 Å². The fourth-order valence-electron chi connectivity index (χ4n) is 3.67. The Morgan fingerprint density at radius 2 is 1.97 bits per heavy atom. The van der Waals surface area contributed by atoms with Crippen LogP contribution in [-0.2, 0) is 6.54 Å². The van der Waals surface area contributed by atoms with Gasteiger partial charge in [0.05, 0.1) is 35.7 Å². The van der Waals surface area contributed by atoms with Crippen molar-refractivity contribution in [2.45, 2.75) is 13.5 Å². The van der Waals surface area contributed by atoms with Gasteiger partial charge in [0.1, 0.15) is 5.76 Å². The van der Waals surface area contributed by atoms with Crippen LogP contribution in [0.4, 0.5) is 16.3 Å². The van der Waals surface area contributed by atoms with Crippen molar-refractivity contribution in [2.24, 2.45) is 0 Å². The molecule has 0 aliphatic rings. The normalized spacial score (nSPS) is 11.1. The number of aromatic nitrogens is 3. The van der Waals surface area contributed by atoms with Crippen molar-refractivity contribution in [3.8, 4) is 11.3 Å². The molecule has 0 bridgehead atoms. The highest BCUT2D eigenvalue weighted by Crippen LogP contribution is 2.29. The quantitative estimate of drug-likeness (QED) is 0.375. The van der Waals surface area contributed by atoms with E-state index < -0.39 is 0 Å². The van der Waals surface area contributed by atoms with Crippen LogP contribution in [0.3, 0.4) is 0 Å². The summed E-state index contributed by atoms with van der Waals surface area (Å²) in [7, 11) is 1.58. The number of carbonyl (C=O) groups is 1. The molecule has 0 spiro atoms. The number of aryl methyl sites for hydroxylation is 1. The molecule has 0 saturated heterocycles. The zero-order chi connectivity index (χ0) is 22.1. The van der Waals surface area contributed by atoms with Gasteiger partial charge in [0.15, 0.2) is 11.5 Å². The van der Waals surface area contributed by atoms with E-state index in [1.807, 2.05) is 49.5 Å². The molecule has 0 fully saturated rings. The van der Waals surface area contributed by atoms with E-state index >= 15 is 0 Å².